The lowest BCUT2D eigenvalue weighted by Crippen LogP contribution is -2.30. The Labute approximate surface area is 90.1 Å². The first-order chi connectivity index (χ1) is 6.15. The van der Waals surface area contributed by atoms with Crippen molar-refractivity contribution in [3.05, 3.63) is 33.4 Å². The van der Waals surface area contributed by atoms with Gasteiger partial charge in [-0.2, -0.15) is 0 Å². The Morgan fingerprint density at radius 1 is 1.38 bits per heavy atom. The molecule has 1 aromatic carbocycles. The van der Waals surface area contributed by atoms with Crippen LogP contribution in [0.5, 0.6) is 0 Å². The van der Waals surface area contributed by atoms with Crippen molar-refractivity contribution >= 4 is 22.6 Å². The van der Waals surface area contributed by atoms with Crippen LogP contribution in [0.15, 0.2) is 24.3 Å². The third-order valence-corrected chi connectivity index (χ3v) is 2.51. The van der Waals surface area contributed by atoms with Crippen LogP contribution in [0.4, 0.5) is 4.39 Å². The number of aliphatic hydroxyl groups is 1. The Kier molecular flexibility index (Phi) is 4.08. The van der Waals surface area contributed by atoms with E-state index >= 15 is 0 Å². The molecule has 0 amide bonds. The molecule has 0 spiro atoms. The van der Waals surface area contributed by atoms with Gasteiger partial charge in [-0.15, -0.1) is 0 Å². The van der Waals surface area contributed by atoms with E-state index in [4.69, 9.17) is 5.73 Å². The van der Waals surface area contributed by atoms with Crippen LogP contribution in [0.25, 0.3) is 0 Å². The van der Waals surface area contributed by atoms with Gasteiger partial charge in [-0.25, -0.2) is 4.39 Å². The minimum absolute atomic E-state index is 0.658. The molecule has 0 saturated carbocycles. The number of aliphatic hydroxyl groups excluding tert-OH is 1. The van der Waals surface area contributed by atoms with Crippen molar-refractivity contribution in [1.29, 1.82) is 0 Å². The van der Waals surface area contributed by atoms with Crippen molar-refractivity contribution < 1.29 is 9.50 Å². The smallest absolute Gasteiger partial charge is 0.107 e. The minimum atomic E-state index is -0.915. The van der Waals surface area contributed by atoms with Crippen molar-refractivity contribution in [1.82, 2.24) is 0 Å². The van der Waals surface area contributed by atoms with Gasteiger partial charge in [0.25, 0.3) is 0 Å². The highest BCUT2D eigenvalue weighted by Crippen LogP contribution is 2.17. The highest BCUT2D eigenvalue weighted by Gasteiger charge is 2.15. The first-order valence-corrected chi connectivity index (χ1v) is 4.98. The van der Waals surface area contributed by atoms with E-state index in [9.17, 15) is 9.50 Å². The molecule has 0 heterocycles. The normalized spacial score (nSPS) is 15.4. The fourth-order valence-corrected chi connectivity index (χ4v) is 1.35. The molecule has 72 valence electrons. The quantitative estimate of drug-likeness (QED) is 0.832. The highest BCUT2D eigenvalue weighted by atomic mass is 127. The molecule has 0 aliphatic rings. The lowest BCUT2D eigenvalue weighted by atomic mass is 10.0. The molecular formula is C9H11FINO. The third-order valence-electron chi connectivity index (χ3n) is 1.80. The number of rotatable bonds is 3. The summed E-state index contributed by atoms with van der Waals surface area (Å²) in [5, 5.41) is 9.51. The molecule has 2 atom stereocenters. The second kappa shape index (κ2) is 4.88. The second-order valence-corrected chi connectivity index (χ2v) is 4.06. The lowest BCUT2D eigenvalue weighted by molar-refractivity contribution is 0.132. The van der Waals surface area contributed by atoms with Gasteiger partial charge in [0, 0.05) is 3.57 Å². The van der Waals surface area contributed by atoms with Gasteiger partial charge in [-0.3, -0.25) is 0 Å². The summed E-state index contributed by atoms with van der Waals surface area (Å²) in [6.45, 7) is -0.715. The molecule has 0 aromatic heterocycles. The van der Waals surface area contributed by atoms with E-state index in [0.29, 0.717) is 5.56 Å². The van der Waals surface area contributed by atoms with Crippen LogP contribution in [0.3, 0.4) is 0 Å². The summed E-state index contributed by atoms with van der Waals surface area (Å²) in [7, 11) is 0. The maximum Gasteiger partial charge on any atom is 0.107 e. The Hall–Kier alpha value is -0.200. The maximum absolute atomic E-state index is 12.1. The zero-order valence-electron chi connectivity index (χ0n) is 6.95. The second-order valence-electron chi connectivity index (χ2n) is 2.81. The van der Waals surface area contributed by atoms with Gasteiger partial charge in [0.15, 0.2) is 0 Å². The van der Waals surface area contributed by atoms with Crippen LogP contribution >= 0.6 is 22.6 Å². The summed E-state index contributed by atoms with van der Waals surface area (Å²) in [5.74, 6) is 0. The predicted octanol–water partition coefficient (Wildman–Crippen LogP) is 1.62. The Bertz CT molecular complexity index is 265. The Balaban J connectivity index is 2.77. The monoisotopic (exact) mass is 295 g/mol. The summed E-state index contributed by atoms with van der Waals surface area (Å²) >= 11 is 2.16. The van der Waals surface area contributed by atoms with E-state index in [2.05, 4.69) is 22.6 Å². The summed E-state index contributed by atoms with van der Waals surface area (Å²) < 4.78 is 13.2. The van der Waals surface area contributed by atoms with Crippen molar-refractivity contribution in [3.8, 4) is 0 Å². The molecule has 0 bridgehead atoms. The van der Waals surface area contributed by atoms with Gasteiger partial charge in [0.05, 0.1) is 12.1 Å². The number of benzene rings is 1. The molecule has 0 radical (unpaired) electrons. The summed E-state index contributed by atoms with van der Waals surface area (Å²) in [6.07, 6.45) is -0.915. The zero-order chi connectivity index (χ0) is 9.84. The fourth-order valence-electron chi connectivity index (χ4n) is 0.992. The lowest BCUT2D eigenvalue weighted by Gasteiger charge is -2.15. The number of alkyl halides is 1. The molecule has 4 heteroatoms. The Morgan fingerprint density at radius 3 is 2.38 bits per heavy atom. The van der Waals surface area contributed by atoms with Crippen molar-refractivity contribution in [2.75, 3.05) is 6.67 Å². The first kappa shape index (κ1) is 10.9. The molecule has 3 N–H and O–H groups in total. The van der Waals surface area contributed by atoms with Crippen molar-refractivity contribution in [2.24, 2.45) is 5.73 Å². The molecule has 0 unspecified atom stereocenters. The SMILES string of the molecule is N[C@H](CF)[C@H](O)c1ccc(I)cc1. The van der Waals surface area contributed by atoms with Gasteiger partial charge < -0.3 is 10.8 Å². The maximum atomic E-state index is 12.1. The van der Waals surface area contributed by atoms with Crippen LogP contribution in [0.2, 0.25) is 0 Å². The Morgan fingerprint density at radius 2 is 1.92 bits per heavy atom. The average Bonchev–Trinajstić information content (AvgIpc) is 2.17. The van der Waals surface area contributed by atoms with E-state index in [1.165, 1.54) is 0 Å². The molecule has 1 aromatic rings. The fraction of sp³-hybridized carbons (Fsp3) is 0.333. The van der Waals surface area contributed by atoms with Gasteiger partial charge in [-0.1, -0.05) is 12.1 Å². The summed E-state index contributed by atoms with van der Waals surface area (Å²) in [4.78, 5) is 0. The van der Waals surface area contributed by atoms with Crippen LogP contribution < -0.4 is 5.73 Å². The predicted molar refractivity (Wildman–Crippen MR) is 58.1 cm³/mol. The molecule has 0 saturated heterocycles. The van der Waals surface area contributed by atoms with Crippen molar-refractivity contribution in [3.63, 3.8) is 0 Å². The minimum Gasteiger partial charge on any atom is -0.387 e. The molecule has 0 fully saturated rings. The number of nitrogens with two attached hydrogens (primary N) is 1. The van der Waals surface area contributed by atoms with Gasteiger partial charge in [-0.05, 0) is 40.3 Å². The molecule has 1 rings (SSSR count). The largest absolute Gasteiger partial charge is 0.387 e. The molecule has 13 heavy (non-hydrogen) atoms. The van der Waals surface area contributed by atoms with Crippen molar-refractivity contribution in [2.45, 2.75) is 12.1 Å². The number of halogens is 2. The molecule has 0 aliphatic heterocycles. The van der Waals surface area contributed by atoms with Crippen LogP contribution in [-0.2, 0) is 0 Å². The molecule has 2 nitrogen and oxygen atoms in total. The summed E-state index contributed by atoms with van der Waals surface area (Å²) in [5.41, 5.74) is 6.02. The van der Waals surface area contributed by atoms with Gasteiger partial charge in [0.2, 0.25) is 0 Å². The summed E-state index contributed by atoms with van der Waals surface area (Å²) in [6, 6.07) is 6.37. The average molecular weight is 295 g/mol. The van der Waals surface area contributed by atoms with Gasteiger partial charge >= 0.3 is 0 Å². The van der Waals surface area contributed by atoms with Gasteiger partial charge in [0.1, 0.15) is 6.67 Å². The standard InChI is InChI=1S/C9H11FINO/c10-5-8(12)9(13)6-1-3-7(11)4-2-6/h1-4,8-9,13H,5,12H2/t8-,9-/m1/s1. The highest BCUT2D eigenvalue weighted by molar-refractivity contribution is 14.1. The van der Waals surface area contributed by atoms with E-state index in [0.717, 1.165) is 3.57 Å². The van der Waals surface area contributed by atoms with E-state index < -0.39 is 18.8 Å². The topological polar surface area (TPSA) is 46.2 Å². The van der Waals surface area contributed by atoms with Crippen LogP contribution in [-0.4, -0.2) is 17.8 Å². The zero-order valence-corrected chi connectivity index (χ0v) is 9.11. The first-order valence-electron chi connectivity index (χ1n) is 3.90. The number of hydrogen-bond acceptors (Lipinski definition) is 2. The third kappa shape index (κ3) is 2.89. The van der Waals surface area contributed by atoms with E-state index in [1.54, 1.807) is 12.1 Å². The molecule has 0 aliphatic carbocycles. The molecular weight excluding hydrogens is 284 g/mol. The van der Waals surface area contributed by atoms with E-state index in [-0.39, 0.29) is 0 Å². The van der Waals surface area contributed by atoms with Crippen LogP contribution in [0.1, 0.15) is 11.7 Å². The van der Waals surface area contributed by atoms with E-state index in [1.807, 2.05) is 12.1 Å². The van der Waals surface area contributed by atoms with Crippen LogP contribution in [0, 0.1) is 3.57 Å². The number of hydrogen-bond donors (Lipinski definition) is 2.